The number of amides is 3. The van der Waals surface area contributed by atoms with Gasteiger partial charge in [-0.2, -0.15) is 0 Å². The van der Waals surface area contributed by atoms with Crippen LogP contribution in [0.1, 0.15) is 32.1 Å². The van der Waals surface area contributed by atoms with Crippen LogP contribution >= 0.6 is 0 Å². The van der Waals surface area contributed by atoms with Gasteiger partial charge in [0.15, 0.2) is 0 Å². The fourth-order valence-corrected chi connectivity index (χ4v) is 2.33. The van der Waals surface area contributed by atoms with Gasteiger partial charge in [0.05, 0.1) is 18.4 Å². The predicted molar refractivity (Wildman–Crippen MR) is 80.7 cm³/mol. The van der Waals surface area contributed by atoms with E-state index in [0.29, 0.717) is 11.5 Å². The fourth-order valence-electron chi connectivity index (χ4n) is 2.33. The van der Waals surface area contributed by atoms with Crippen LogP contribution < -0.4 is 21.7 Å². The molecule has 1 aromatic rings. The lowest BCUT2D eigenvalue weighted by molar-refractivity contribution is -0.115. The number of hydrogen-bond donors (Lipinski definition) is 4. The number of rotatable bonds is 4. The van der Waals surface area contributed by atoms with Crippen molar-refractivity contribution in [3.05, 3.63) is 18.3 Å². The number of pyridine rings is 1. The number of nitrogens with zero attached hydrogens (tertiary/aromatic N) is 1. The number of aromatic nitrogens is 1. The summed E-state index contributed by atoms with van der Waals surface area (Å²) in [6, 6.07) is 3.18. The number of nitrogens with two attached hydrogens (primary N) is 1. The molecule has 1 aliphatic rings. The highest BCUT2D eigenvalue weighted by atomic mass is 16.2. The first-order valence-electron chi connectivity index (χ1n) is 7.19. The van der Waals surface area contributed by atoms with Gasteiger partial charge in [0.1, 0.15) is 5.82 Å². The van der Waals surface area contributed by atoms with E-state index in [1.165, 1.54) is 12.6 Å². The molecule has 0 spiro atoms. The van der Waals surface area contributed by atoms with E-state index >= 15 is 0 Å². The Kier molecular flexibility index (Phi) is 5.36. The van der Waals surface area contributed by atoms with Gasteiger partial charge in [-0.3, -0.25) is 4.79 Å². The Labute approximate surface area is 123 Å². The molecule has 114 valence electrons. The van der Waals surface area contributed by atoms with Crippen molar-refractivity contribution in [1.29, 1.82) is 0 Å². The maximum absolute atomic E-state index is 11.7. The molecular formula is C14H21N5O2. The topological polar surface area (TPSA) is 109 Å². The molecule has 3 amide bonds. The third-order valence-electron chi connectivity index (χ3n) is 3.42. The molecule has 5 N–H and O–H groups in total. The maximum Gasteiger partial charge on any atom is 0.315 e. The zero-order valence-electron chi connectivity index (χ0n) is 11.9. The average Bonchev–Trinajstić information content (AvgIpc) is 2.49. The van der Waals surface area contributed by atoms with Crippen LogP contribution in [-0.4, -0.2) is 29.5 Å². The number of urea groups is 1. The van der Waals surface area contributed by atoms with Crippen LogP contribution in [0.25, 0.3) is 0 Å². The van der Waals surface area contributed by atoms with E-state index in [1.807, 2.05) is 0 Å². The molecule has 1 aliphatic carbocycles. The summed E-state index contributed by atoms with van der Waals surface area (Å²) in [7, 11) is 0. The minimum Gasteiger partial charge on any atom is -0.384 e. The Morgan fingerprint density at radius 2 is 2.00 bits per heavy atom. The summed E-state index contributed by atoms with van der Waals surface area (Å²) >= 11 is 0. The zero-order chi connectivity index (χ0) is 15.1. The van der Waals surface area contributed by atoms with Gasteiger partial charge < -0.3 is 21.7 Å². The highest BCUT2D eigenvalue weighted by Gasteiger charge is 2.15. The lowest BCUT2D eigenvalue weighted by atomic mass is 9.96. The average molecular weight is 291 g/mol. The summed E-state index contributed by atoms with van der Waals surface area (Å²) in [4.78, 5) is 27.2. The van der Waals surface area contributed by atoms with Crippen molar-refractivity contribution in [2.45, 2.75) is 38.1 Å². The molecule has 0 aromatic carbocycles. The lowest BCUT2D eigenvalue weighted by Crippen LogP contribution is -2.45. The Morgan fingerprint density at radius 1 is 1.24 bits per heavy atom. The van der Waals surface area contributed by atoms with E-state index in [1.54, 1.807) is 12.1 Å². The molecule has 7 nitrogen and oxygen atoms in total. The first-order valence-corrected chi connectivity index (χ1v) is 7.19. The number of nitrogens with one attached hydrogen (secondary N) is 3. The summed E-state index contributed by atoms with van der Waals surface area (Å²) in [5, 5.41) is 8.07. The standard InChI is InChI=1S/C14H21N5O2/c15-12-7-6-11(8-16-12)18-13(20)9-17-14(21)19-10-4-2-1-3-5-10/h6-8,10H,1-5,9H2,(H2,15,16)(H,18,20)(H2,17,19,21). The van der Waals surface area contributed by atoms with Gasteiger partial charge >= 0.3 is 6.03 Å². The molecule has 1 saturated carbocycles. The fraction of sp³-hybridized carbons (Fsp3) is 0.500. The van der Waals surface area contributed by atoms with Crippen LogP contribution in [0, 0.1) is 0 Å². The molecule has 0 aliphatic heterocycles. The highest BCUT2D eigenvalue weighted by Crippen LogP contribution is 2.17. The second-order valence-corrected chi connectivity index (χ2v) is 5.18. The van der Waals surface area contributed by atoms with Crippen LogP contribution in [0.2, 0.25) is 0 Å². The minimum atomic E-state index is -0.305. The first-order chi connectivity index (χ1) is 10.1. The molecule has 0 bridgehead atoms. The Balaban J connectivity index is 1.68. The molecule has 1 aromatic heterocycles. The molecule has 0 atom stereocenters. The van der Waals surface area contributed by atoms with E-state index in [4.69, 9.17) is 5.73 Å². The van der Waals surface area contributed by atoms with E-state index in [9.17, 15) is 9.59 Å². The van der Waals surface area contributed by atoms with Gasteiger partial charge in [-0.25, -0.2) is 9.78 Å². The van der Waals surface area contributed by atoms with E-state index in [0.717, 1.165) is 25.7 Å². The van der Waals surface area contributed by atoms with Crippen LogP contribution in [0.15, 0.2) is 18.3 Å². The number of hydrogen-bond acceptors (Lipinski definition) is 4. The van der Waals surface area contributed by atoms with Gasteiger partial charge in [0, 0.05) is 6.04 Å². The van der Waals surface area contributed by atoms with Gasteiger partial charge in [0.2, 0.25) is 5.91 Å². The van der Waals surface area contributed by atoms with Crippen LogP contribution in [0.3, 0.4) is 0 Å². The molecule has 0 radical (unpaired) electrons. The zero-order valence-corrected chi connectivity index (χ0v) is 11.9. The van der Waals surface area contributed by atoms with Crippen molar-refractivity contribution in [3.8, 4) is 0 Å². The molecule has 1 fully saturated rings. The molecule has 1 heterocycles. The van der Waals surface area contributed by atoms with Crippen LogP contribution in [0.4, 0.5) is 16.3 Å². The van der Waals surface area contributed by atoms with Crippen molar-refractivity contribution in [1.82, 2.24) is 15.6 Å². The molecular weight excluding hydrogens is 270 g/mol. The van der Waals surface area contributed by atoms with Crippen molar-refractivity contribution in [2.75, 3.05) is 17.6 Å². The van der Waals surface area contributed by atoms with E-state index in [2.05, 4.69) is 20.9 Å². The van der Waals surface area contributed by atoms with E-state index in [-0.39, 0.29) is 24.5 Å². The predicted octanol–water partition coefficient (Wildman–Crippen LogP) is 1.23. The normalized spacial score (nSPS) is 15.2. The van der Waals surface area contributed by atoms with E-state index < -0.39 is 0 Å². The Bertz CT molecular complexity index is 483. The summed E-state index contributed by atoms with van der Waals surface area (Å²) in [5.41, 5.74) is 6.00. The summed E-state index contributed by atoms with van der Waals surface area (Å²) in [6.07, 6.45) is 7.02. The third-order valence-corrected chi connectivity index (χ3v) is 3.42. The Hall–Kier alpha value is -2.31. The van der Waals surface area contributed by atoms with Crippen LogP contribution in [-0.2, 0) is 4.79 Å². The largest absolute Gasteiger partial charge is 0.384 e. The molecule has 0 unspecified atom stereocenters. The van der Waals surface area contributed by atoms with Crippen molar-refractivity contribution >= 4 is 23.4 Å². The SMILES string of the molecule is Nc1ccc(NC(=O)CNC(=O)NC2CCCCC2)cn1. The second kappa shape index (κ2) is 7.47. The van der Waals surface area contributed by atoms with Crippen molar-refractivity contribution < 1.29 is 9.59 Å². The quantitative estimate of drug-likeness (QED) is 0.669. The summed E-state index contributed by atoms with van der Waals surface area (Å²) in [6.45, 7) is -0.0804. The second-order valence-electron chi connectivity index (χ2n) is 5.18. The number of carbonyl (C=O) groups is 2. The molecule has 0 saturated heterocycles. The Morgan fingerprint density at radius 3 is 2.67 bits per heavy atom. The summed E-state index contributed by atoms with van der Waals surface area (Å²) < 4.78 is 0. The minimum absolute atomic E-state index is 0.0804. The monoisotopic (exact) mass is 291 g/mol. The number of anilines is 2. The smallest absolute Gasteiger partial charge is 0.315 e. The number of carbonyl (C=O) groups excluding carboxylic acids is 2. The van der Waals surface area contributed by atoms with Gasteiger partial charge in [-0.15, -0.1) is 0 Å². The lowest BCUT2D eigenvalue weighted by Gasteiger charge is -2.22. The van der Waals surface area contributed by atoms with Gasteiger partial charge in [-0.1, -0.05) is 19.3 Å². The molecule has 21 heavy (non-hydrogen) atoms. The van der Waals surface area contributed by atoms with Crippen molar-refractivity contribution in [2.24, 2.45) is 0 Å². The van der Waals surface area contributed by atoms with Crippen LogP contribution in [0.5, 0.6) is 0 Å². The van der Waals surface area contributed by atoms with Gasteiger partial charge in [0.25, 0.3) is 0 Å². The molecule has 7 heteroatoms. The number of nitrogen functional groups attached to an aromatic ring is 1. The maximum atomic E-state index is 11.7. The summed E-state index contributed by atoms with van der Waals surface area (Å²) in [5.74, 6) is 0.0818. The first kappa shape index (κ1) is 15.1. The molecule has 2 rings (SSSR count). The van der Waals surface area contributed by atoms with Crippen molar-refractivity contribution in [3.63, 3.8) is 0 Å². The highest BCUT2D eigenvalue weighted by molar-refractivity contribution is 5.94. The third kappa shape index (κ3) is 5.29. The van der Waals surface area contributed by atoms with Gasteiger partial charge in [-0.05, 0) is 25.0 Å².